The van der Waals surface area contributed by atoms with Crippen LogP contribution in [0.1, 0.15) is 25.3 Å². The minimum Gasteiger partial charge on any atom is -0.399 e. The van der Waals surface area contributed by atoms with Crippen molar-refractivity contribution in [2.45, 2.75) is 19.8 Å². The van der Waals surface area contributed by atoms with Crippen molar-refractivity contribution < 1.29 is 0 Å². The third-order valence-corrected chi connectivity index (χ3v) is 4.43. The van der Waals surface area contributed by atoms with E-state index in [2.05, 4.69) is 43.5 Å². The van der Waals surface area contributed by atoms with Crippen molar-refractivity contribution in [2.75, 3.05) is 5.73 Å². The molecule has 3 aromatic rings. The molecule has 2 N–H and O–H groups in total. The van der Waals surface area contributed by atoms with Gasteiger partial charge >= 0.3 is 0 Å². The molecule has 21 heavy (non-hydrogen) atoms. The van der Waals surface area contributed by atoms with Gasteiger partial charge in [-0.3, -0.25) is 0 Å². The summed E-state index contributed by atoms with van der Waals surface area (Å²) in [5.74, 6) is 0.555. The molecule has 1 aromatic heterocycles. The zero-order valence-electron chi connectivity index (χ0n) is 12.2. The highest BCUT2D eigenvalue weighted by molar-refractivity contribution is 7.13. The molecule has 0 aliphatic rings. The van der Waals surface area contributed by atoms with E-state index >= 15 is 0 Å². The highest BCUT2D eigenvalue weighted by Crippen LogP contribution is 2.30. The highest BCUT2D eigenvalue weighted by Gasteiger charge is 2.07. The van der Waals surface area contributed by atoms with Crippen LogP contribution in [0.3, 0.4) is 0 Å². The summed E-state index contributed by atoms with van der Waals surface area (Å²) in [5, 5.41) is 3.13. The Morgan fingerprint density at radius 1 is 0.905 bits per heavy atom. The van der Waals surface area contributed by atoms with Crippen molar-refractivity contribution in [3.63, 3.8) is 0 Å². The minimum absolute atomic E-state index is 0.555. The van der Waals surface area contributed by atoms with Crippen molar-refractivity contribution in [2.24, 2.45) is 0 Å². The molecule has 0 aliphatic heterocycles. The molecular formula is C18H18N2S. The molecule has 0 fully saturated rings. The van der Waals surface area contributed by atoms with Gasteiger partial charge in [0.15, 0.2) is 0 Å². The largest absolute Gasteiger partial charge is 0.399 e. The number of aromatic nitrogens is 1. The summed E-state index contributed by atoms with van der Waals surface area (Å²) in [7, 11) is 0. The number of nitrogens with two attached hydrogens (primary N) is 1. The van der Waals surface area contributed by atoms with Crippen LogP contribution in [0.15, 0.2) is 53.9 Å². The fourth-order valence-corrected chi connectivity index (χ4v) is 3.04. The third kappa shape index (κ3) is 2.98. The summed E-state index contributed by atoms with van der Waals surface area (Å²) >= 11 is 1.66. The van der Waals surface area contributed by atoms with Crippen molar-refractivity contribution in [1.82, 2.24) is 4.98 Å². The van der Waals surface area contributed by atoms with Crippen molar-refractivity contribution in [3.8, 4) is 21.8 Å². The maximum atomic E-state index is 5.72. The molecule has 0 amide bonds. The normalized spacial score (nSPS) is 11.0. The van der Waals surface area contributed by atoms with Gasteiger partial charge in [0, 0.05) is 22.2 Å². The number of benzene rings is 2. The number of hydrogen-bond donors (Lipinski definition) is 1. The predicted molar refractivity (Wildman–Crippen MR) is 91.5 cm³/mol. The Labute approximate surface area is 129 Å². The van der Waals surface area contributed by atoms with E-state index in [1.807, 2.05) is 24.3 Å². The Balaban J connectivity index is 1.89. The quantitative estimate of drug-likeness (QED) is 0.676. The van der Waals surface area contributed by atoms with E-state index in [4.69, 9.17) is 10.7 Å². The molecule has 0 bridgehead atoms. The Bertz CT molecular complexity index is 725. The lowest BCUT2D eigenvalue weighted by molar-refractivity contribution is 0.867. The van der Waals surface area contributed by atoms with Crippen molar-refractivity contribution in [3.05, 3.63) is 59.5 Å². The lowest BCUT2D eigenvalue weighted by Gasteiger charge is -2.05. The highest BCUT2D eigenvalue weighted by atomic mass is 32.1. The lowest BCUT2D eigenvalue weighted by atomic mass is 10.0. The van der Waals surface area contributed by atoms with E-state index in [9.17, 15) is 0 Å². The zero-order valence-corrected chi connectivity index (χ0v) is 13.0. The van der Waals surface area contributed by atoms with Crippen LogP contribution in [0.5, 0.6) is 0 Å². The molecule has 0 atom stereocenters. The second kappa shape index (κ2) is 5.70. The molecule has 3 rings (SSSR count). The fourth-order valence-electron chi connectivity index (χ4n) is 2.20. The number of hydrogen-bond acceptors (Lipinski definition) is 3. The Hall–Kier alpha value is -2.13. The third-order valence-electron chi connectivity index (χ3n) is 3.53. The monoisotopic (exact) mass is 294 g/mol. The number of thiazole rings is 1. The molecule has 0 saturated carbocycles. The lowest BCUT2D eigenvalue weighted by Crippen LogP contribution is -1.87. The molecule has 0 unspecified atom stereocenters. The molecular weight excluding hydrogens is 276 g/mol. The van der Waals surface area contributed by atoms with Crippen LogP contribution < -0.4 is 5.73 Å². The van der Waals surface area contributed by atoms with Crippen LogP contribution in [0.4, 0.5) is 5.69 Å². The van der Waals surface area contributed by atoms with E-state index in [1.165, 1.54) is 5.56 Å². The van der Waals surface area contributed by atoms with Gasteiger partial charge in [-0.05, 0) is 35.7 Å². The first-order chi connectivity index (χ1) is 10.1. The second-order valence-corrected chi connectivity index (χ2v) is 6.29. The standard InChI is InChI=1S/C18H18N2S/c1-12(2)13-3-5-14(6-4-13)17-11-21-18(20-17)15-7-9-16(19)10-8-15/h3-12H,19H2,1-2H3. The van der Waals surface area contributed by atoms with Gasteiger partial charge in [0.2, 0.25) is 0 Å². The smallest absolute Gasteiger partial charge is 0.124 e. The maximum Gasteiger partial charge on any atom is 0.124 e. The molecule has 1 heterocycles. The van der Waals surface area contributed by atoms with Gasteiger partial charge in [0.25, 0.3) is 0 Å². The van der Waals surface area contributed by atoms with Gasteiger partial charge in [0.05, 0.1) is 5.69 Å². The second-order valence-electron chi connectivity index (χ2n) is 5.44. The van der Waals surface area contributed by atoms with Crippen LogP contribution in [0.25, 0.3) is 21.8 Å². The van der Waals surface area contributed by atoms with Crippen molar-refractivity contribution in [1.29, 1.82) is 0 Å². The number of nitrogen functional groups attached to an aromatic ring is 1. The first-order valence-electron chi connectivity index (χ1n) is 7.05. The van der Waals surface area contributed by atoms with Gasteiger partial charge in [-0.1, -0.05) is 38.1 Å². The van der Waals surface area contributed by atoms with Crippen molar-refractivity contribution >= 4 is 17.0 Å². The van der Waals surface area contributed by atoms with Gasteiger partial charge < -0.3 is 5.73 Å². The molecule has 0 radical (unpaired) electrons. The summed E-state index contributed by atoms with van der Waals surface area (Å²) < 4.78 is 0. The molecule has 3 heteroatoms. The SMILES string of the molecule is CC(C)c1ccc(-c2csc(-c3ccc(N)cc3)n2)cc1. The van der Waals surface area contributed by atoms with E-state index in [1.54, 1.807) is 11.3 Å². The average molecular weight is 294 g/mol. The molecule has 2 aromatic carbocycles. The van der Waals surface area contributed by atoms with E-state index in [-0.39, 0.29) is 0 Å². The summed E-state index contributed by atoms with van der Waals surface area (Å²) in [6.07, 6.45) is 0. The number of nitrogens with zero attached hydrogens (tertiary/aromatic N) is 1. The summed E-state index contributed by atoms with van der Waals surface area (Å²) in [6.45, 7) is 4.41. The Kier molecular flexibility index (Phi) is 3.76. The first-order valence-corrected chi connectivity index (χ1v) is 7.93. The van der Waals surface area contributed by atoms with Crippen LogP contribution in [-0.2, 0) is 0 Å². The van der Waals surface area contributed by atoms with E-state index in [0.717, 1.165) is 27.5 Å². The summed E-state index contributed by atoms with van der Waals surface area (Å²) in [4.78, 5) is 4.73. The van der Waals surface area contributed by atoms with Crippen LogP contribution in [-0.4, -0.2) is 4.98 Å². The van der Waals surface area contributed by atoms with E-state index < -0.39 is 0 Å². The summed E-state index contributed by atoms with van der Waals surface area (Å²) in [6, 6.07) is 16.5. The Morgan fingerprint density at radius 2 is 1.52 bits per heavy atom. The first kappa shape index (κ1) is 13.8. The van der Waals surface area contributed by atoms with Gasteiger partial charge in [-0.2, -0.15) is 0 Å². The molecule has 0 spiro atoms. The van der Waals surface area contributed by atoms with Crippen LogP contribution in [0.2, 0.25) is 0 Å². The molecule has 0 saturated heterocycles. The summed E-state index contributed by atoms with van der Waals surface area (Å²) in [5.41, 5.74) is 11.2. The van der Waals surface area contributed by atoms with Gasteiger partial charge in [-0.25, -0.2) is 4.98 Å². The molecule has 0 aliphatic carbocycles. The van der Waals surface area contributed by atoms with Gasteiger partial charge in [-0.15, -0.1) is 11.3 Å². The fraction of sp³-hybridized carbons (Fsp3) is 0.167. The molecule has 106 valence electrons. The number of anilines is 1. The zero-order chi connectivity index (χ0) is 14.8. The minimum atomic E-state index is 0.555. The average Bonchev–Trinajstić information content (AvgIpc) is 2.98. The predicted octanol–water partition coefficient (Wildman–Crippen LogP) is 5.18. The van der Waals surface area contributed by atoms with Crippen LogP contribution >= 0.6 is 11.3 Å². The number of rotatable bonds is 3. The van der Waals surface area contributed by atoms with Gasteiger partial charge in [0.1, 0.15) is 5.01 Å². The molecule has 2 nitrogen and oxygen atoms in total. The maximum absolute atomic E-state index is 5.72. The van der Waals surface area contributed by atoms with Crippen LogP contribution in [0, 0.1) is 0 Å². The Morgan fingerprint density at radius 3 is 2.14 bits per heavy atom. The topological polar surface area (TPSA) is 38.9 Å². The van der Waals surface area contributed by atoms with E-state index in [0.29, 0.717) is 5.92 Å².